The molecule has 9 heteroatoms. The molecule has 0 spiro atoms. The predicted octanol–water partition coefficient (Wildman–Crippen LogP) is 2.29. The van der Waals surface area contributed by atoms with Crippen LogP contribution in [-0.4, -0.2) is 64.4 Å². The lowest BCUT2D eigenvalue weighted by molar-refractivity contribution is -0.00535. The van der Waals surface area contributed by atoms with Crippen molar-refractivity contribution in [2.45, 2.75) is 37.7 Å². The van der Waals surface area contributed by atoms with Crippen molar-refractivity contribution < 1.29 is 14.2 Å². The highest BCUT2D eigenvalue weighted by Crippen LogP contribution is 2.34. The molecule has 3 N–H and O–H groups in total. The maximum absolute atomic E-state index is 13.7. The minimum absolute atomic E-state index is 0.0793. The molecule has 2 aromatic rings. The van der Waals surface area contributed by atoms with Crippen molar-refractivity contribution in [3.8, 4) is 10.6 Å². The molecule has 0 aromatic carbocycles. The van der Waals surface area contributed by atoms with Crippen molar-refractivity contribution in [2.75, 3.05) is 39.1 Å². The van der Waals surface area contributed by atoms with Crippen molar-refractivity contribution in [2.24, 2.45) is 0 Å². The van der Waals surface area contributed by atoms with E-state index in [2.05, 4.69) is 26.9 Å². The summed E-state index contributed by atoms with van der Waals surface area (Å²) in [6.07, 6.45) is 6.72. The number of aliphatic hydroxyl groups is 1. The van der Waals surface area contributed by atoms with Crippen LogP contribution in [0.4, 0.5) is 10.3 Å². The molecule has 0 radical (unpaired) electrons. The Kier molecular flexibility index (Phi) is 7.06. The van der Waals surface area contributed by atoms with Gasteiger partial charge in [-0.3, -0.25) is 0 Å². The number of hydrogen-bond acceptors (Lipinski definition) is 8. The van der Waals surface area contributed by atoms with E-state index < -0.39 is 5.82 Å². The fourth-order valence-corrected chi connectivity index (χ4v) is 4.20. The third-order valence-electron chi connectivity index (χ3n) is 4.72. The standard InChI is InChI=1S/C13H16FN5S.C5H10O2/c1-19-4-2-8(3-5-19)12-16-7-10(20-12)11-9(14)6-17-13(15)18-11;6-5-2-1-3-7-4-5/h6-8H,2-5H2,1H3,(H2,15,17,18);5-6H,1-4H2. The second-order valence-corrected chi connectivity index (χ2v) is 8.00. The summed E-state index contributed by atoms with van der Waals surface area (Å²) in [5, 5.41) is 9.84. The van der Waals surface area contributed by atoms with Gasteiger partial charge in [-0.25, -0.2) is 19.3 Å². The van der Waals surface area contributed by atoms with E-state index in [0.29, 0.717) is 17.4 Å². The van der Waals surface area contributed by atoms with Crippen molar-refractivity contribution >= 4 is 17.3 Å². The molecule has 0 bridgehead atoms. The number of nitrogen functional groups attached to an aromatic ring is 1. The maximum Gasteiger partial charge on any atom is 0.220 e. The Morgan fingerprint density at radius 2 is 2.04 bits per heavy atom. The third-order valence-corrected chi connectivity index (χ3v) is 5.89. The van der Waals surface area contributed by atoms with Gasteiger partial charge in [-0.1, -0.05) is 0 Å². The Morgan fingerprint density at radius 1 is 1.26 bits per heavy atom. The Bertz CT molecular complexity index is 730. The van der Waals surface area contributed by atoms with Gasteiger partial charge >= 0.3 is 0 Å². The summed E-state index contributed by atoms with van der Waals surface area (Å²) in [6, 6.07) is 0. The molecular formula is C18H26FN5O2S. The van der Waals surface area contributed by atoms with Crippen LogP contribution in [0.25, 0.3) is 10.6 Å². The van der Waals surface area contributed by atoms with Crippen molar-refractivity contribution in [3.63, 3.8) is 0 Å². The second-order valence-electron chi connectivity index (χ2n) is 6.94. The lowest BCUT2D eigenvalue weighted by atomic mass is 9.98. The zero-order valence-electron chi connectivity index (χ0n) is 15.5. The highest BCUT2D eigenvalue weighted by atomic mass is 32.1. The third kappa shape index (κ3) is 5.65. The van der Waals surface area contributed by atoms with E-state index in [-0.39, 0.29) is 17.7 Å². The summed E-state index contributed by atoms with van der Waals surface area (Å²) in [4.78, 5) is 15.1. The fourth-order valence-electron chi connectivity index (χ4n) is 3.12. The average molecular weight is 396 g/mol. The molecule has 2 fully saturated rings. The second kappa shape index (κ2) is 9.50. The topological polar surface area (TPSA) is 97.4 Å². The number of anilines is 1. The van der Waals surface area contributed by atoms with Crippen molar-refractivity contribution in [1.82, 2.24) is 19.9 Å². The highest BCUT2D eigenvalue weighted by Gasteiger charge is 2.22. The molecule has 0 saturated carbocycles. The Balaban J connectivity index is 0.000000253. The van der Waals surface area contributed by atoms with Gasteiger partial charge in [0.05, 0.1) is 28.8 Å². The first kappa shape index (κ1) is 20.1. The molecular weight excluding hydrogens is 369 g/mol. The van der Waals surface area contributed by atoms with Crippen LogP contribution in [0.2, 0.25) is 0 Å². The zero-order chi connectivity index (χ0) is 19.2. The van der Waals surface area contributed by atoms with Crippen LogP contribution in [0.3, 0.4) is 0 Å². The summed E-state index contributed by atoms with van der Waals surface area (Å²) < 4.78 is 18.7. The molecule has 27 heavy (non-hydrogen) atoms. The quantitative estimate of drug-likeness (QED) is 0.805. The average Bonchev–Trinajstić information content (AvgIpc) is 3.15. The van der Waals surface area contributed by atoms with Gasteiger partial charge in [0.15, 0.2) is 5.82 Å². The number of piperidine rings is 1. The number of thiazole rings is 1. The molecule has 2 aromatic heterocycles. The monoisotopic (exact) mass is 395 g/mol. The largest absolute Gasteiger partial charge is 0.391 e. The number of ether oxygens (including phenoxy) is 1. The van der Waals surface area contributed by atoms with E-state index >= 15 is 0 Å². The van der Waals surface area contributed by atoms with Crippen LogP contribution in [0.5, 0.6) is 0 Å². The summed E-state index contributed by atoms with van der Waals surface area (Å²) in [7, 11) is 2.13. The molecule has 1 unspecified atom stereocenters. The number of nitrogens with zero attached hydrogens (tertiary/aromatic N) is 4. The molecule has 4 rings (SSSR count). The fraction of sp³-hybridized carbons (Fsp3) is 0.611. The van der Waals surface area contributed by atoms with Gasteiger partial charge in [-0.05, 0) is 45.8 Å². The molecule has 2 aliphatic heterocycles. The lowest BCUT2D eigenvalue weighted by Gasteiger charge is -2.27. The van der Waals surface area contributed by atoms with E-state index in [9.17, 15) is 4.39 Å². The SMILES string of the molecule is CN1CCC(c2ncc(-c3nc(N)ncc3F)s2)CC1.OC1CCCOC1. The molecule has 148 valence electrons. The zero-order valence-corrected chi connectivity index (χ0v) is 16.3. The predicted molar refractivity (Wildman–Crippen MR) is 103 cm³/mol. The number of rotatable bonds is 2. The lowest BCUT2D eigenvalue weighted by Crippen LogP contribution is -2.29. The molecule has 7 nitrogen and oxygen atoms in total. The van der Waals surface area contributed by atoms with Crippen LogP contribution in [0.15, 0.2) is 12.4 Å². The Labute approximate surface area is 162 Å². The van der Waals surface area contributed by atoms with E-state index in [0.717, 1.165) is 56.6 Å². The van der Waals surface area contributed by atoms with E-state index in [4.69, 9.17) is 15.6 Å². The van der Waals surface area contributed by atoms with Gasteiger partial charge < -0.3 is 20.5 Å². The summed E-state index contributed by atoms with van der Waals surface area (Å²) in [6.45, 7) is 3.53. The molecule has 2 saturated heterocycles. The van der Waals surface area contributed by atoms with Gasteiger partial charge in [0.25, 0.3) is 0 Å². The van der Waals surface area contributed by atoms with Gasteiger partial charge in [0, 0.05) is 18.7 Å². The first-order chi connectivity index (χ1) is 13.0. The van der Waals surface area contributed by atoms with Crippen LogP contribution in [0.1, 0.15) is 36.6 Å². The Hall–Kier alpha value is -1.68. The Morgan fingerprint density at radius 3 is 2.67 bits per heavy atom. The molecule has 4 heterocycles. The number of aliphatic hydroxyl groups excluding tert-OH is 1. The maximum atomic E-state index is 13.7. The molecule has 0 amide bonds. The van der Waals surface area contributed by atoms with E-state index in [1.807, 2.05) is 0 Å². The van der Waals surface area contributed by atoms with E-state index in [1.165, 1.54) is 11.3 Å². The minimum Gasteiger partial charge on any atom is -0.391 e. The number of hydrogen-bond donors (Lipinski definition) is 2. The number of aromatic nitrogens is 3. The minimum atomic E-state index is -0.460. The van der Waals surface area contributed by atoms with Gasteiger partial charge in [-0.2, -0.15) is 0 Å². The van der Waals surface area contributed by atoms with Crippen molar-refractivity contribution in [1.29, 1.82) is 0 Å². The summed E-state index contributed by atoms with van der Waals surface area (Å²) in [5.74, 6) is 0.0839. The number of nitrogens with two attached hydrogens (primary N) is 1. The first-order valence-corrected chi connectivity index (χ1v) is 10.0. The van der Waals surface area contributed by atoms with Gasteiger partial charge in [-0.15, -0.1) is 11.3 Å². The molecule has 1 atom stereocenters. The van der Waals surface area contributed by atoms with Crippen molar-refractivity contribution in [3.05, 3.63) is 23.2 Å². The smallest absolute Gasteiger partial charge is 0.220 e. The summed E-state index contributed by atoms with van der Waals surface area (Å²) in [5.41, 5.74) is 5.76. The normalized spacial score (nSPS) is 21.5. The summed E-state index contributed by atoms with van der Waals surface area (Å²) >= 11 is 1.50. The first-order valence-electron chi connectivity index (χ1n) is 9.21. The molecule has 2 aliphatic rings. The van der Waals surface area contributed by atoms with Crippen LogP contribution < -0.4 is 5.73 Å². The highest BCUT2D eigenvalue weighted by molar-refractivity contribution is 7.15. The number of likely N-dealkylation sites (tertiary alicyclic amines) is 1. The van der Waals surface area contributed by atoms with E-state index in [1.54, 1.807) is 6.20 Å². The van der Waals surface area contributed by atoms with Crippen LogP contribution in [-0.2, 0) is 4.74 Å². The van der Waals surface area contributed by atoms with Gasteiger partial charge in [0.1, 0.15) is 5.69 Å². The van der Waals surface area contributed by atoms with Crippen LogP contribution in [0, 0.1) is 5.82 Å². The number of halogens is 1. The van der Waals surface area contributed by atoms with Gasteiger partial charge in [0.2, 0.25) is 5.95 Å². The van der Waals surface area contributed by atoms with Crippen LogP contribution >= 0.6 is 11.3 Å². The molecule has 0 aliphatic carbocycles.